The quantitative estimate of drug-likeness (QED) is 0.910. The predicted molar refractivity (Wildman–Crippen MR) is 85.8 cm³/mol. The number of pyridine rings is 1. The third-order valence-corrected chi connectivity index (χ3v) is 4.18. The molecule has 1 aliphatic heterocycles. The van der Waals surface area contributed by atoms with Crippen LogP contribution >= 0.6 is 0 Å². The van der Waals surface area contributed by atoms with Gasteiger partial charge in [0.1, 0.15) is 0 Å². The Hall–Kier alpha value is -2.07. The van der Waals surface area contributed by atoms with Gasteiger partial charge in [0.05, 0.1) is 0 Å². The van der Waals surface area contributed by atoms with Crippen LogP contribution in [0.25, 0.3) is 0 Å². The Morgan fingerprint density at radius 2 is 1.90 bits per heavy atom. The Morgan fingerprint density at radius 3 is 2.71 bits per heavy atom. The molecule has 0 aliphatic carbocycles. The van der Waals surface area contributed by atoms with Crippen LogP contribution in [0.3, 0.4) is 0 Å². The number of nitrogens with two attached hydrogens (primary N) is 1. The molecule has 0 bridgehead atoms. The van der Waals surface area contributed by atoms with Crippen molar-refractivity contribution in [2.75, 3.05) is 24.5 Å². The van der Waals surface area contributed by atoms with Crippen LogP contribution in [-0.4, -0.2) is 24.2 Å². The van der Waals surface area contributed by atoms with Gasteiger partial charge in [-0.1, -0.05) is 24.3 Å². The maximum Gasteiger partial charge on any atom is 0.250 e. The van der Waals surface area contributed by atoms with E-state index in [1.807, 2.05) is 12.3 Å². The molecule has 3 rings (SSSR count). The first kappa shape index (κ1) is 13.9. The molecule has 1 aliphatic rings. The van der Waals surface area contributed by atoms with Gasteiger partial charge in [-0.2, -0.15) is 0 Å². The lowest BCUT2D eigenvalue weighted by molar-refractivity contribution is 0.605. The lowest BCUT2D eigenvalue weighted by Crippen LogP contribution is -2.30. The van der Waals surface area contributed by atoms with Crippen molar-refractivity contribution < 1.29 is 0 Å². The molecule has 0 radical (unpaired) electrons. The van der Waals surface area contributed by atoms with Gasteiger partial charge in [0, 0.05) is 43.5 Å². The third-order valence-electron chi connectivity index (χ3n) is 4.18. The molecule has 1 aromatic carbocycles. The summed E-state index contributed by atoms with van der Waals surface area (Å²) in [5, 5.41) is 0. The first-order chi connectivity index (χ1) is 10.3. The van der Waals surface area contributed by atoms with Gasteiger partial charge in [0.15, 0.2) is 0 Å². The molecule has 0 fully saturated rings. The summed E-state index contributed by atoms with van der Waals surface area (Å²) in [4.78, 5) is 14.1. The molecule has 1 unspecified atom stereocenters. The molecule has 1 aromatic heterocycles. The fourth-order valence-corrected chi connectivity index (χ4v) is 3.12. The van der Waals surface area contributed by atoms with Crippen molar-refractivity contribution in [2.24, 2.45) is 5.73 Å². The number of hydrogen-bond acceptors (Lipinski definition) is 3. The van der Waals surface area contributed by atoms with Crippen molar-refractivity contribution >= 4 is 5.69 Å². The van der Waals surface area contributed by atoms with Crippen LogP contribution in [0.1, 0.15) is 17.9 Å². The van der Waals surface area contributed by atoms with E-state index in [-0.39, 0.29) is 5.56 Å². The molecule has 0 amide bonds. The number of aromatic nitrogens is 1. The van der Waals surface area contributed by atoms with E-state index < -0.39 is 0 Å². The molecule has 4 nitrogen and oxygen atoms in total. The molecule has 2 heterocycles. The molecule has 2 aromatic rings. The molecule has 21 heavy (non-hydrogen) atoms. The lowest BCUT2D eigenvalue weighted by Gasteiger charge is -2.20. The van der Waals surface area contributed by atoms with Crippen LogP contribution in [0.4, 0.5) is 5.69 Å². The van der Waals surface area contributed by atoms with Crippen LogP contribution in [0.2, 0.25) is 0 Å². The summed E-state index contributed by atoms with van der Waals surface area (Å²) in [7, 11) is 0. The summed E-state index contributed by atoms with van der Waals surface area (Å²) in [5.41, 5.74) is 8.47. The van der Waals surface area contributed by atoms with E-state index in [9.17, 15) is 4.79 Å². The lowest BCUT2D eigenvalue weighted by atomic mass is 9.98. The van der Waals surface area contributed by atoms with Gasteiger partial charge in [-0.3, -0.25) is 4.79 Å². The zero-order valence-electron chi connectivity index (χ0n) is 12.1. The van der Waals surface area contributed by atoms with E-state index in [1.54, 1.807) is 16.7 Å². The highest BCUT2D eigenvalue weighted by atomic mass is 16.1. The maximum atomic E-state index is 11.8. The van der Waals surface area contributed by atoms with E-state index in [2.05, 4.69) is 29.2 Å². The van der Waals surface area contributed by atoms with Gasteiger partial charge >= 0.3 is 0 Å². The fourth-order valence-electron chi connectivity index (χ4n) is 3.12. The van der Waals surface area contributed by atoms with Crippen LogP contribution in [0.15, 0.2) is 53.5 Å². The minimum atomic E-state index is 0.0588. The minimum Gasteiger partial charge on any atom is -0.369 e. The SMILES string of the molecule is NCCC1CN(CCn2ccccc2=O)c2ccccc21. The first-order valence-corrected chi connectivity index (χ1v) is 7.49. The Morgan fingerprint density at radius 1 is 1.10 bits per heavy atom. The van der Waals surface area contributed by atoms with E-state index in [1.165, 1.54) is 11.3 Å². The Kier molecular flexibility index (Phi) is 4.06. The summed E-state index contributed by atoms with van der Waals surface area (Å²) >= 11 is 0. The average Bonchev–Trinajstić information content (AvgIpc) is 2.85. The largest absolute Gasteiger partial charge is 0.369 e. The highest BCUT2D eigenvalue weighted by Gasteiger charge is 2.27. The van der Waals surface area contributed by atoms with Gasteiger partial charge < -0.3 is 15.2 Å². The first-order valence-electron chi connectivity index (χ1n) is 7.49. The monoisotopic (exact) mass is 283 g/mol. The van der Waals surface area contributed by atoms with E-state index >= 15 is 0 Å². The number of fused-ring (bicyclic) bond motifs is 1. The fraction of sp³-hybridized carbons (Fsp3) is 0.353. The third kappa shape index (κ3) is 2.85. The van der Waals surface area contributed by atoms with Crippen molar-refractivity contribution in [3.63, 3.8) is 0 Å². The maximum absolute atomic E-state index is 11.8. The molecule has 2 N–H and O–H groups in total. The number of para-hydroxylation sites is 1. The Balaban J connectivity index is 1.75. The summed E-state index contributed by atoms with van der Waals surface area (Å²) in [6, 6.07) is 13.8. The molecule has 0 saturated heterocycles. The Bertz CT molecular complexity index is 665. The highest BCUT2D eigenvalue weighted by molar-refractivity contribution is 5.60. The summed E-state index contributed by atoms with van der Waals surface area (Å²) < 4.78 is 1.76. The van der Waals surface area contributed by atoms with E-state index in [0.717, 1.165) is 19.5 Å². The van der Waals surface area contributed by atoms with Crippen molar-refractivity contribution in [2.45, 2.75) is 18.9 Å². The summed E-state index contributed by atoms with van der Waals surface area (Å²) in [6.07, 6.45) is 2.86. The molecule has 1 atom stereocenters. The highest BCUT2D eigenvalue weighted by Crippen LogP contribution is 2.37. The van der Waals surface area contributed by atoms with Gasteiger partial charge in [-0.05, 0) is 30.7 Å². The van der Waals surface area contributed by atoms with Gasteiger partial charge in [-0.15, -0.1) is 0 Å². The molecule has 110 valence electrons. The number of rotatable bonds is 5. The summed E-state index contributed by atoms with van der Waals surface area (Å²) in [5.74, 6) is 0.513. The Labute approximate surface area is 124 Å². The van der Waals surface area contributed by atoms with Crippen LogP contribution in [-0.2, 0) is 6.54 Å². The van der Waals surface area contributed by atoms with Crippen molar-refractivity contribution in [3.8, 4) is 0 Å². The molecule has 0 spiro atoms. The standard InChI is InChI=1S/C17H21N3O/c18-9-8-14-13-20(16-6-2-1-5-15(14)16)12-11-19-10-4-3-7-17(19)21/h1-7,10,14H,8-9,11-13,18H2. The van der Waals surface area contributed by atoms with E-state index in [0.29, 0.717) is 19.0 Å². The topological polar surface area (TPSA) is 51.3 Å². The minimum absolute atomic E-state index is 0.0588. The van der Waals surface area contributed by atoms with Crippen molar-refractivity contribution in [1.82, 2.24) is 4.57 Å². The number of hydrogen-bond donors (Lipinski definition) is 1. The van der Waals surface area contributed by atoms with Crippen molar-refractivity contribution in [3.05, 3.63) is 64.6 Å². The molecule has 0 saturated carbocycles. The van der Waals surface area contributed by atoms with Gasteiger partial charge in [0.25, 0.3) is 5.56 Å². The van der Waals surface area contributed by atoms with Crippen molar-refractivity contribution in [1.29, 1.82) is 0 Å². The molecular weight excluding hydrogens is 262 g/mol. The van der Waals surface area contributed by atoms with Gasteiger partial charge in [-0.25, -0.2) is 0 Å². The second-order valence-electron chi connectivity index (χ2n) is 5.51. The van der Waals surface area contributed by atoms with Crippen LogP contribution in [0.5, 0.6) is 0 Å². The van der Waals surface area contributed by atoms with Crippen LogP contribution < -0.4 is 16.2 Å². The second kappa shape index (κ2) is 6.14. The zero-order chi connectivity index (χ0) is 14.7. The predicted octanol–water partition coefficient (Wildman–Crippen LogP) is 1.80. The number of nitrogens with zero attached hydrogens (tertiary/aromatic N) is 2. The molecular formula is C17H21N3O. The normalized spacial score (nSPS) is 17.0. The smallest absolute Gasteiger partial charge is 0.250 e. The number of anilines is 1. The summed E-state index contributed by atoms with van der Waals surface area (Å²) in [6.45, 7) is 3.27. The average molecular weight is 283 g/mol. The number of benzene rings is 1. The molecule has 4 heteroatoms. The van der Waals surface area contributed by atoms with E-state index in [4.69, 9.17) is 5.73 Å². The second-order valence-corrected chi connectivity index (χ2v) is 5.51. The zero-order valence-corrected chi connectivity index (χ0v) is 12.1. The van der Waals surface area contributed by atoms with Crippen LogP contribution in [0, 0.1) is 0 Å². The van der Waals surface area contributed by atoms with Gasteiger partial charge in [0.2, 0.25) is 0 Å².